The van der Waals surface area contributed by atoms with Gasteiger partial charge in [0, 0.05) is 19.0 Å². The normalized spacial score (nSPS) is 16.3. The fraction of sp³-hybridized carbons (Fsp3) is 0.364. The Hall–Kier alpha value is -2.57. The van der Waals surface area contributed by atoms with Crippen LogP contribution in [0.2, 0.25) is 0 Å². The predicted octanol–water partition coefficient (Wildman–Crippen LogP) is 3.17. The number of nitrogens with one attached hydrogen (secondary N) is 1. The van der Waals surface area contributed by atoms with Crippen LogP contribution in [-0.4, -0.2) is 36.9 Å². The first kappa shape index (κ1) is 22.7. The van der Waals surface area contributed by atoms with Gasteiger partial charge in [0.2, 0.25) is 11.8 Å². The van der Waals surface area contributed by atoms with Gasteiger partial charge in [0.25, 0.3) is 0 Å². The van der Waals surface area contributed by atoms with Crippen LogP contribution in [0.5, 0.6) is 5.75 Å². The predicted molar refractivity (Wildman–Crippen MR) is 116 cm³/mol. The van der Waals surface area contributed by atoms with Gasteiger partial charge in [0.1, 0.15) is 11.3 Å². The molecule has 1 unspecified atom stereocenters. The number of carbonyl (C=O) groups is 2. The molecule has 0 radical (unpaired) electrons. The number of benzene rings is 2. The molecule has 2 amide bonds. The van der Waals surface area contributed by atoms with Crippen LogP contribution in [-0.2, 0) is 15.1 Å². The van der Waals surface area contributed by atoms with Gasteiger partial charge < -0.3 is 20.7 Å². The average molecular weight is 418 g/mol. The van der Waals surface area contributed by atoms with E-state index in [9.17, 15) is 9.59 Å². The Bertz CT molecular complexity index is 834. The summed E-state index contributed by atoms with van der Waals surface area (Å²) >= 11 is 0. The quantitative estimate of drug-likeness (QED) is 0.782. The molecule has 0 aromatic heterocycles. The van der Waals surface area contributed by atoms with Gasteiger partial charge in [-0.3, -0.25) is 9.59 Å². The zero-order valence-electron chi connectivity index (χ0n) is 16.8. The summed E-state index contributed by atoms with van der Waals surface area (Å²) in [4.78, 5) is 27.4. The first-order valence-electron chi connectivity index (χ1n) is 9.51. The van der Waals surface area contributed by atoms with Crippen molar-refractivity contribution in [1.82, 2.24) is 4.90 Å². The van der Waals surface area contributed by atoms with E-state index in [2.05, 4.69) is 5.32 Å². The maximum absolute atomic E-state index is 13.0. The second-order valence-electron chi connectivity index (χ2n) is 7.32. The molecule has 1 atom stereocenters. The van der Waals surface area contributed by atoms with Crippen LogP contribution in [0.3, 0.4) is 0 Å². The largest absolute Gasteiger partial charge is 0.495 e. The minimum atomic E-state index is -1.08. The highest BCUT2D eigenvalue weighted by molar-refractivity contribution is 5.94. The summed E-state index contributed by atoms with van der Waals surface area (Å²) < 4.78 is 5.28. The van der Waals surface area contributed by atoms with E-state index in [0.29, 0.717) is 37.4 Å². The van der Waals surface area contributed by atoms with Crippen molar-refractivity contribution >= 4 is 29.9 Å². The molecule has 3 rings (SSSR count). The number of amides is 2. The molecule has 1 fully saturated rings. The van der Waals surface area contributed by atoms with Gasteiger partial charge in [0.15, 0.2) is 0 Å². The third-order valence-electron chi connectivity index (χ3n) is 5.34. The lowest BCUT2D eigenvalue weighted by Crippen LogP contribution is -2.53. The number of rotatable bonds is 5. The molecule has 1 aliphatic rings. The van der Waals surface area contributed by atoms with E-state index in [4.69, 9.17) is 10.5 Å². The second kappa shape index (κ2) is 9.76. The van der Waals surface area contributed by atoms with Gasteiger partial charge in [-0.1, -0.05) is 42.5 Å². The topological polar surface area (TPSA) is 84.7 Å². The summed E-state index contributed by atoms with van der Waals surface area (Å²) in [6.45, 7) is 2.77. The molecule has 2 aromatic carbocycles. The first-order chi connectivity index (χ1) is 13.4. The number of para-hydroxylation sites is 2. The lowest BCUT2D eigenvalue weighted by molar-refractivity contribution is -0.139. The standard InChI is InChI=1S/C22H27N3O3.ClH/c1-22(23,17-8-4-3-5-9-17)21(27)25-14-12-16(13-15-25)20(26)24-18-10-6-7-11-19(18)28-2;/h3-11,16H,12-15,23H2,1-2H3,(H,24,26);1H. The summed E-state index contributed by atoms with van der Waals surface area (Å²) in [6, 6.07) is 16.7. The zero-order valence-corrected chi connectivity index (χ0v) is 17.6. The Labute approximate surface area is 177 Å². The van der Waals surface area contributed by atoms with Gasteiger partial charge in [-0.2, -0.15) is 0 Å². The van der Waals surface area contributed by atoms with Crippen molar-refractivity contribution in [2.45, 2.75) is 25.3 Å². The van der Waals surface area contributed by atoms with Gasteiger partial charge in [-0.05, 0) is 37.5 Å². The number of piperidine rings is 1. The summed E-state index contributed by atoms with van der Waals surface area (Å²) in [7, 11) is 1.58. The number of nitrogens with two attached hydrogens (primary N) is 1. The molecule has 7 heteroatoms. The Morgan fingerprint density at radius 1 is 1.07 bits per heavy atom. The number of anilines is 1. The van der Waals surface area contributed by atoms with E-state index in [1.54, 1.807) is 18.9 Å². The summed E-state index contributed by atoms with van der Waals surface area (Å²) in [6.07, 6.45) is 1.22. The van der Waals surface area contributed by atoms with E-state index < -0.39 is 5.54 Å². The lowest BCUT2D eigenvalue weighted by atomic mass is 9.89. The Kier molecular flexibility index (Phi) is 7.65. The maximum atomic E-state index is 13.0. The molecule has 2 aromatic rings. The number of carbonyl (C=O) groups excluding carboxylic acids is 2. The van der Waals surface area contributed by atoms with E-state index in [-0.39, 0.29) is 30.1 Å². The number of methoxy groups -OCH3 is 1. The number of ether oxygens (including phenoxy) is 1. The molecule has 6 nitrogen and oxygen atoms in total. The molecule has 156 valence electrons. The molecule has 0 saturated carbocycles. The number of hydrogen-bond donors (Lipinski definition) is 2. The summed E-state index contributed by atoms with van der Waals surface area (Å²) in [5, 5.41) is 2.94. The van der Waals surface area contributed by atoms with Crippen molar-refractivity contribution in [1.29, 1.82) is 0 Å². The van der Waals surface area contributed by atoms with Crippen molar-refractivity contribution < 1.29 is 14.3 Å². The maximum Gasteiger partial charge on any atom is 0.246 e. The monoisotopic (exact) mass is 417 g/mol. The zero-order chi connectivity index (χ0) is 20.1. The molecular formula is C22H28ClN3O3. The lowest BCUT2D eigenvalue weighted by Gasteiger charge is -2.36. The van der Waals surface area contributed by atoms with Crippen molar-refractivity contribution in [2.24, 2.45) is 11.7 Å². The molecule has 29 heavy (non-hydrogen) atoms. The minimum absolute atomic E-state index is 0. The molecule has 1 saturated heterocycles. The fourth-order valence-corrected chi connectivity index (χ4v) is 3.56. The molecule has 3 N–H and O–H groups in total. The fourth-order valence-electron chi connectivity index (χ4n) is 3.56. The van der Waals surface area contributed by atoms with Crippen LogP contribution in [0.15, 0.2) is 54.6 Å². The van der Waals surface area contributed by atoms with Crippen LogP contribution in [0.4, 0.5) is 5.69 Å². The van der Waals surface area contributed by atoms with Crippen molar-refractivity contribution in [3.63, 3.8) is 0 Å². The van der Waals surface area contributed by atoms with E-state index in [1.807, 2.05) is 54.6 Å². The van der Waals surface area contributed by atoms with Gasteiger partial charge in [0.05, 0.1) is 12.8 Å². The molecule has 0 bridgehead atoms. The van der Waals surface area contributed by atoms with Crippen LogP contribution in [0, 0.1) is 5.92 Å². The van der Waals surface area contributed by atoms with Gasteiger partial charge in [-0.25, -0.2) is 0 Å². The number of halogens is 1. The third kappa shape index (κ3) is 5.08. The number of hydrogen-bond acceptors (Lipinski definition) is 4. The average Bonchev–Trinajstić information content (AvgIpc) is 2.74. The Balaban J connectivity index is 0.00000300. The highest BCUT2D eigenvalue weighted by Crippen LogP contribution is 2.27. The Morgan fingerprint density at radius 3 is 2.28 bits per heavy atom. The van der Waals surface area contributed by atoms with Crippen molar-refractivity contribution in [2.75, 3.05) is 25.5 Å². The third-order valence-corrected chi connectivity index (χ3v) is 5.34. The van der Waals surface area contributed by atoms with E-state index >= 15 is 0 Å². The molecule has 1 heterocycles. The Morgan fingerprint density at radius 2 is 1.66 bits per heavy atom. The minimum Gasteiger partial charge on any atom is -0.495 e. The van der Waals surface area contributed by atoms with Crippen LogP contribution < -0.4 is 15.8 Å². The summed E-state index contributed by atoms with van der Waals surface area (Å²) in [5.41, 5.74) is 6.73. The summed E-state index contributed by atoms with van der Waals surface area (Å²) in [5.74, 6) is 0.331. The van der Waals surface area contributed by atoms with Crippen molar-refractivity contribution in [3.05, 3.63) is 60.2 Å². The first-order valence-corrected chi connectivity index (χ1v) is 9.51. The van der Waals surface area contributed by atoms with E-state index in [1.165, 1.54) is 0 Å². The highest BCUT2D eigenvalue weighted by atomic mass is 35.5. The van der Waals surface area contributed by atoms with Gasteiger partial charge in [-0.15, -0.1) is 12.4 Å². The second-order valence-corrected chi connectivity index (χ2v) is 7.32. The highest BCUT2D eigenvalue weighted by Gasteiger charge is 2.37. The van der Waals surface area contributed by atoms with Crippen LogP contribution in [0.25, 0.3) is 0 Å². The van der Waals surface area contributed by atoms with Crippen LogP contribution in [0.1, 0.15) is 25.3 Å². The number of likely N-dealkylation sites (tertiary alicyclic amines) is 1. The molecular weight excluding hydrogens is 390 g/mol. The smallest absolute Gasteiger partial charge is 0.246 e. The molecule has 0 aliphatic carbocycles. The number of nitrogens with zero attached hydrogens (tertiary/aromatic N) is 1. The van der Waals surface area contributed by atoms with E-state index in [0.717, 1.165) is 5.56 Å². The van der Waals surface area contributed by atoms with Gasteiger partial charge >= 0.3 is 0 Å². The van der Waals surface area contributed by atoms with Crippen LogP contribution >= 0.6 is 12.4 Å². The molecule has 1 aliphatic heterocycles. The molecule has 0 spiro atoms. The SMILES string of the molecule is COc1ccccc1NC(=O)C1CCN(C(=O)C(C)(N)c2ccccc2)CC1.Cl. The van der Waals surface area contributed by atoms with Crippen molar-refractivity contribution in [3.8, 4) is 5.75 Å².